The summed E-state index contributed by atoms with van der Waals surface area (Å²) in [7, 11) is -0.674. The molecule has 7 nitrogen and oxygen atoms in total. The van der Waals surface area contributed by atoms with Crippen LogP contribution in [0.2, 0.25) is 5.02 Å². The molecule has 0 N–H and O–H groups in total. The lowest BCUT2D eigenvalue weighted by Gasteiger charge is -2.19. The number of thiazole rings is 1. The molecule has 0 unspecified atom stereocenters. The summed E-state index contributed by atoms with van der Waals surface area (Å²) in [5.74, 6) is 0.255. The Bertz CT molecular complexity index is 1330. The maximum absolute atomic E-state index is 13.4. The molecule has 31 heavy (non-hydrogen) atoms. The highest BCUT2D eigenvalue weighted by molar-refractivity contribution is 7.89. The van der Waals surface area contributed by atoms with Crippen molar-refractivity contribution in [3.8, 4) is 0 Å². The molecule has 0 radical (unpaired) electrons. The number of nitrogens with zero attached hydrogens (tertiary/aromatic N) is 3. The minimum absolute atomic E-state index is 0.110. The molecular weight excluding hydrogens is 458 g/mol. The molecule has 0 aliphatic rings. The fraction of sp³-hybridized carbons (Fsp3) is 0.143. The number of hydrogen-bond acceptors (Lipinski definition) is 6. The van der Waals surface area contributed by atoms with Crippen LogP contribution in [-0.4, -0.2) is 37.7 Å². The van der Waals surface area contributed by atoms with E-state index < -0.39 is 10.0 Å². The number of sulfonamides is 1. The first-order chi connectivity index (χ1) is 14.8. The molecule has 0 bridgehead atoms. The molecule has 0 atom stereocenters. The number of carbonyl (C=O) groups excluding carboxylic acids is 1. The first-order valence-corrected chi connectivity index (χ1v) is 11.8. The highest BCUT2D eigenvalue weighted by Gasteiger charge is 2.24. The van der Waals surface area contributed by atoms with Crippen molar-refractivity contribution >= 4 is 54.2 Å². The minimum Gasteiger partial charge on any atom is -0.467 e. The topological polar surface area (TPSA) is 83.7 Å². The van der Waals surface area contributed by atoms with E-state index in [-0.39, 0.29) is 17.3 Å². The zero-order chi connectivity index (χ0) is 22.2. The second-order valence-corrected chi connectivity index (χ2v) is 10.4. The number of rotatable bonds is 6. The van der Waals surface area contributed by atoms with Gasteiger partial charge >= 0.3 is 0 Å². The first kappa shape index (κ1) is 21.5. The molecule has 10 heteroatoms. The van der Waals surface area contributed by atoms with E-state index in [1.165, 1.54) is 60.9 Å². The van der Waals surface area contributed by atoms with Crippen LogP contribution < -0.4 is 4.90 Å². The Balaban J connectivity index is 1.73. The molecular formula is C21H18ClN3O4S2. The van der Waals surface area contributed by atoms with E-state index in [2.05, 4.69) is 4.98 Å². The van der Waals surface area contributed by atoms with Crippen LogP contribution in [0.5, 0.6) is 0 Å². The number of halogens is 1. The molecule has 4 aromatic rings. The lowest BCUT2D eigenvalue weighted by atomic mass is 10.2. The number of benzene rings is 2. The van der Waals surface area contributed by atoms with Crippen LogP contribution in [0, 0.1) is 0 Å². The van der Waals surface area contributed by atoms with Crippen LogP contribution in [-0.2, 0) is 16.6 Å². The van der Waals surface area contributed by atoms with Crippen LogP contribution in [0.25, 0.3) is 10.2 Å². The summed E-state index contributed by atoms with van der Waals surface area (Å²) in [6.07, 6.45) is 1.54. The second-order valence-electron chi connectivity index (χ2n) is 6.87. The van der Waals surface area contributed by atoms with Crippen molar-refractivity contribution < 1.29 is 17.6 Å². The summed E-state index contributed by atoms with van der Waals surface area (Å²) in [6, 6.07) is 14.8. The van der Waals surface area contributed by atoms with Gasteiger partial charge in [-0.15, -0.1) is 0 Å². The van der Waals surface area contributed by atoms with Crippen molar-refractivity contribution in [3.05, 3.63) is 77.2 Å². The smallest absolute Gasteiger partial charge is 0.260 e. The van der Waals surface area contributed by atoms with Crippen molar-refractivity contribution in [2.45, 2.75) is 11.4 Å². The van der Waals surface area contributed by atoms with Crippen molar-refractivity contribution in [2.75, 3.05) is 19.0 Å². The maximum Gasteiger partial charge on any atom is 0.260 e. The molecule has 2 aromatic carbocycles. The van der Waals surface area contributed by atoms with Crippen LogP contribution >= 0.6 is 22.9 Å². The number of furan rings is 1. The van der Waals surface area contributed by atoms with Gasteiger partial charge in [-0.1, -0.05) is 29.0 Å². The van der Waals surface area contributed by atoms with Gasteiger partial charge < -0.3 is 4.42 Å². The monoisotopic (exact) mass is 475 g/mol. The molecule has 160 valence electrons. The largest absolute Gasteiger partial charge is 0.467 e. The van der Waals surface area contributed by atoms with Gasteiger partial charge in [0.1, 0.15) is 11.3 Å². The maximum atomic E-state index is 13.4. The summed E-state index contributed by atoms with van der Waals surface area (Å²) < 4.78 is 32.0. The summed E-state index contributed by atoms with van der Waals surface area (Å²) in [6.45, 7) is 0.168. The zero-order valence-corrected chi connectivity index (χ0v) is 19.0. The first-order valence-electron chi connectivity index (χ1n) is 9.19. The molecule has 0 fully saturated rings. The van der Waals surface area contributed by atoms with E-state index in [1.54, 1.807) is 18.2 Å². The van der Waals surface area contributed by atoms with E-state index in [0.29, 0.717) is 27.0 Å². The van der Waals surface area contributed by atoms with E-state index in [9.17, 15) is 13.2 Å². The van der Waals surface area contributed by atoms with Gasteiger partial charge in [0.05, 0.1) is 27.4 Å². The van der Waals surface area contributed by atoms with E-state index in [0.717, 1.165) is 9.01 Å². The highest BCUT2D eigenvalue weighted by Crippen LogP contribution is 2.34. The van der Waals surface area contributed by atoms with Gasteiger partial charge in [-0.3, -0.25) is 9.69 Å². The molecule has 0 aliphatic heterocycles. The Kier molecular flexibility index (Phi) is 5.85. The third-order valence-electron chi connectivity index (χ3n) is 4.61. The average molecular weight is 476 g/mol. The molecule has 1 amide bonds. The lowest BCUT2D eigenvalue weighted by molar-refractivity contribution is 0.0983. The molecule has 0 aliphatic carbocycles. The third kappa shape index (κ3) is 4.22. The fourth-order valence-corrected chi connectivity index (χ4v) is 5.10. The molecule has 0 spiro atoms. The molecule has 2 heterocycles. The van der Waals surface area contributed by atoms with Crippen molar-refractivity contribution in [1.82, 2.24) is 9.29 Å². The number of anilines is 1. The SMILES string of the molecule is CN(C)S(=O)(=O)c1ccc(C(=O)N(Cc2ccco2)c2nc3c(Cl)cccc3s2)cc1. The molecule has 0 saturated heterocycles. The van der Waals surface area contributed by atoms with Gasteiger partial charge in [0.15, 0.2) is 5.13 Å². The van der Waals surface area contributed by atoms with E-state index in [4.69, 9.17) is 16.0 Å². The van der Waals surface area contributed by atoms with Gasteiger partial charge in [0.2, 0.25) is 10.0 Å². The number of para-hydroxylation sites is 1. The summed E-state index contributed by atoms with van der Waals surface area (Å²) in [5, 5.41) is 0.970. The number of fused-ring (bicyclic) bond motifs is 1. The van der Waals surface area contributed by atoms with Crippen molar-refractivity contribution in [2.24, 2.45) is 0 Å². The normalized spacial score (nSPS) is 11.9. The van der Waals surface area contributed by atoms with E-state index >= 15 is 0 Å². The second kappa shape index (κ2) is 8.43. The average Bonchev–Trinajstić information content (AvgIpc) is 3.42. The Morgan fingerprint density at radius 2 is 1.84 bits per heavy atom. The Labute approximate surface area is 188 Å². The van der Waals surface area contributed by atoms with Gasteiger partial charge in [0.25, 0.3) is 5.91 Å². The molecule has 2 aromatic heterocycles. The van der Waals surface area contributed by atoms with Crippen LogP contribution in [0.3, 0.4) is 0 Å². The predicted octanol–water partition coefficient (Wildman–Crippen LogP) is 4.64. The van der Waals surface area contributed by atoms with Gasteiger partial charge in [0, 0.05) is 19.7 Å². The quantitative estimate of drug-likeness (QED) is 0.405. The van der Waals surface area contributed by atoms with Gasteiger partial charge in [-0.25, -0.2) is 17.7 Å². The zero-order valence-electron chi connectivity index (χ0n) is 16.6. The summed E-state index contributed by atoms with van der Waals surface area (Å²) in [4.78, 5) is 19.6. The lowest BCUT2D eigenvalue weighted by Crippen LogP contribution is -2.30. The molecule has 4 rings (SSSR count). The van der Waals surface area contributed by atoms with Crippen molar-refractivity contribution in [3.63, 3.8) is 0 Å². The minimum atomic E-state index is -3.59. The number of hydrogen-bond donors (Lipinski definition) is 0. The Morgan fingerprint density at radius 3 is 2.45 bits per heavy atom. The Hall–Kier alpha value is -2.72. The number of amides is 1. The Morgan fingerprint density at radius 1 is 1.10 bits per heavy atom. The van der Waals surface area contributed by atoms with Crippen LogP contribution in [0.1, 0.15) is 16.1 Å². The fourth-order valence-electron chi connectivity index (χ4n) is 2.94. The predicted molar refractivity (Wildman–Crippen MR) is 121 cm³/mol. The highest BCUT2D eigenvalue weighted by atomic mass is 35.5. The molecule has 0 saturated carbocycles. The third-order valence-corrected chi connectivity index (χ3v) is 7.79. The standard InChI is InChI=1S/C21H18ClN3O4S2/c1-24(2)31(27,28)16-10-8-14(9-11-16)20(26)25(13-15-5-4-12-29-15)21-23-19-17(22)6-3-7-18(19)30-21/h3-12H,13H2,1-2H3. The summed E-state index contributed by atoms with van der Waals surface area (Å²) >= 11 is 7.60. The van der Waals surface area contributed by atoms with Crippen LogP contribution in [0.4, 0.5) is 5.13 Å². The summed E-state index contributed by atoms with van der Waals surface area (Å²) in [5.41, 5.74) is 0.948. The van der Waals surface area contributed by atoms with Crippen molar-refractivity contribution in [1.29, 1.82) is 0 Å². The number of aromatic nitrogens is 1. The van der Waals surface area contributed by atoms with E-state index in [1.807, 2.05) is 12.1 Å². The van der Waals surface area contributed by atoms with Gasteiger partial charge in [-0.2, -0.15) is 0 Å². The number of carbonyl (C=O) groups is 1. The van der Waals surface area contributed by atoms with Gasteiger partial charge in [-0.05, 0) is 48.5 Å². The van der Waals surface area contributed by atoms with Crippen LogP contribution in [0.15, 0.2) is 70.2 Å².